The van der Waals surface area contributed by atoms with Gasteiger partial charge in [0, 0.05) is 22.8 Å². The fraction of sp³-hybridized carbons (Fsp3) is 0.355. The van der Waals surface area contributed by atoms with Crippen molar-refractivity contribution in [1.82, 2.24) is 19.4 Å². The van der Waals surface area contributed by atoms with E-state index in [4.69, 9.17) is 9.98 Å². The van der Waals surface area contributed by atoms with Gasteiger partial charge in [-0.05, 0) is 48.6 Å². The molecule has 0 saturated carbocycles. The van der Waals surface area contributed by atoms with Crippen molar-refractivity contribution in [2.45, 2.75) is 58.7 Å². The number of hydrogen-bond donors (Lipinski definition) is 0. The van der Waals surface area contributed by atoms with Crippen molar-refractivity contribution in [2.24, 2.45) is 10.9 Å². The maximum atomic E-state index is 13.9. The average molecular weight is 573 g/mol. The molecule has 1 aliphatic rings. The van der Waals surface area contributed by atoms with Gasteiger partial charge in [-0.3, -0.25) is 14.4 Å². The molecule has 6 nitrogen and oxygen atoms in total. The highest BCUT2D eigenvalue weighted by atomic mass is 79.9. The molecule has 1 unspecified atom stereocenters. The van der Waals surface area contributed by atoms with Crippen LogP contribution in [-0.4, -0.2) is 37.4 Å². The summed E-state index contributed by atoms with van der Waals surface area (Å²) in [6.45, 7) is 10.0. The highest BCUT2D eigenvalue weighted by molar-refractivity contribution is 9.10. The van der Waals surface area contributed by atoms with Gasteiger partial charge in [-0.1, -0.05) is 86.1 Å². The van der Waals surface area contributed by atoms with Gasteiger partial charge in [0.05, 0.1) is 23.6 Å². The number of halogens is 1. The van der Waals surface area contributed by atoms with Gasteiger partial charge >= 0.3 is 0 Å². The number of nitrogens with zero attached hydrogens (tertiary/aromatic N) is 5. The number of fused-ring (bicyclic) bond motifs is 1. The number of amidine groups is 1. The highest BCUT2D eigenvalue weighted by Gasteiger charge is 2.42. The molecule has 7 heteroatoms. The Hall–Kier alpha value is -3.32. The van der Waals surface area contributed by atoms with E-state index in [1.807, 2.05) is 47.0 Å². The topological polar surface area (TPSA) is 63.4 Å². The van der Waals surface area contributed by atoms with Gasteiger partial charge in [-0.25, -0.2) is 9.97 Å². The number of rotatable bonds is 8. The van der Waals surface area contributed by atoms with Crippen LogP contribution in [0.25, 0.3) is 11.0 Å². The van der Waals surface area contributed by atoms with Gasteiger partial charge in [0.25, 0.3) is 5.56 Å². The van der Waals surface area contributed by atoms with E-state index >= 15 is 0 Å². The van der Waals surface area contributed by atoms with Crippen molar-refractivity contribution in [1.29, 1.82) is 0 Å². The number of benzene rings is 2. The molecule has 4 aromatic rings. The van der Waals surface area contributed by atoms with Crippen LogP contribution < -0.4 is 5.56 Å². The van der Waals surface area contributed by atoms with Crippen LogP contribution in [0.4, 0.5) is 0 Å². The van der Waals surface area contributed by atoms with Crippen molar-refractivity contribution in [3.8, 4) is 0 Å². The van der Waals surface area contributed by atoms with E-state index in [0.717, 1.165) is 46.6 Å². The van der Waals surface area contributed by atoms with Gasteiger partial charge in [0.1, 0.15) is 11.7 Å². The van der Waals surface area contributed by atoms with Crippen molar-refractivity contribution < 1.29 is 0 Å². The Morgan fingerprint density at radius 2 is 1.68 bits per heavy atom. The largest absolute Gasteiger partial charge is 0.344 e. The smallest absolute Gasteiger partial charge is 0.280 e. The predicted octanol–water partition coefficient (Wildman–Crippen LogP) is 6.62. The van der Waals surface area contributed by atoms with E-state index in [2.05, 4.69) is 77.8 Å². The minimum Gasteiger partial charge on any atom is -0.344 e. The zero-order chi connectivity index (χ0) is 26.9. The van der Waals surface area contributed by atoms with Gasteiger partial charge in [0.2, 0.25) is 0 Å². The van der Waals surface area contributed by atoms with E-state index in [1.165, 1.54) is 0 Å². The maximum absolute atomic E-state index is 13.9. The van der Waals surface area contributed by atoms with Crippen LogP contribution in [0.3, 0.4) is 0 Å². The third kappa shape index (κ3) is 4.92. The lowest BCUT2D eigenvalue weighted by Crippen LogP contribution is -2.43. The van der Waals surface area contributed by atoms with Gasteiger partial charge in [0.15, 0.2) is 5.52 Å². The molecule has 1 aliphatic heterocycles. The fourth-order valence-corrected chi connectivity index (χ4v) is 5.68. The van der Waals surface area contributed by atoms with E-state index in [1.54, 1.807) is 6.20 Å². The predicted molar refractivity (Wildman–Crippen MR) is 158 cm³/mol. The first-order valence-electron chi connectivity index (χ1n) is 13.4. The molecule has 1 atom stereocenters. The molecule has 38 heavy (non-hydrogen) atoms. The lowest BCUT2D eigenvalue weighted by molar-refractivity contribution is 0.210. The molecule has 3 heterocycles. The van der Waals surface area contributed by atoms with Gasteiger partial charge in [-0.2, -0.15) is 0 Å². The Balaban J connectivity index is 1.72. The Labute approximate surface area is 232 Å². The molecular formula is C31H34BrN5O. The zero-order valence-electron chi connectivity index (χ0n) is 22.4. The van der Waals surface area contributed by atoms with E-state index in [0.29, 0.717) is 17.6 Å². The van der Waals surface area contributed by atoms with Gasteiger partial charge < -0.3 is 4.90 Å². The molecule has 2 aromatic heterocycles. The fourth-order valence-electron chi connectivity index (χ4n) is 5.42. The molecule has 0 aliphatic carbocycles. The highest BCUT2D eigenvalue weighted by Crippen LogP contribution is 2.38. The second-order valence-corrected chi connectivity index (χ2v) is 11.3. The molecule has 2 aromatic carbocycles. The average Bonchev–Trinajstić information content (AvgIpc) is 3.31. The lowest BCUT2D eigenvalue weighted by Gasteiger charge is -2.36. The summed E-state index contributed by atoms with van der Waals surface area (Å²) in [5.74, 6) is 1.89. The van der Waals surface area contributed by atoms with Crippen molar-refractivity contribution >= 4 is 32.8 Å². The van der Waals surface area contributed by atoms with Crippen molar-refractivity contribution in [2.75, 3.05) is 6.54 Å². The van der Waals surface area contributed by atoms with Gasteiger partial charge in [-0.15, -0.1) is 0 Å². The summed E-state index contributed by atoms with van der Waals surface area (Å²) in [4.78, 5) is 31.2. The van der Waals surface area contributed by atoms with E-state index < -0.39 is 0 Å². The molecule has 0 amide bonds. The lowest BCUT2D eigenvalue weighted by atomic mass is 9.92. The van der Waals surface area contributed by atoms with Crippen LogP contribution in [0, 0.1) is 5.92 Å². The summed E-state index contributed by atoms with van der Waals surface area (Å²) < 4.78 is 2.86. The Kier molecular flexibility index (Phi) is 7.48. The van der Waals surface area contributed by atoms with Crippen molar-refractivity contribution in [3.63, 3.8) is 0 Å². The van der Waals surface area contributed by atoms with Crippen LogP contribution in [0.1, 0.15) is 63.5 Å². The summed E-state index contributed by atoms with van der Waals surface area (Å²) in [6.07, 6.45) is 3.54. The summed E-state index contributed by atoms with van der Waals surface area (Å²) >= 11 is 3.57. The SMILES string of the molecule is CCC1(CC)CN(C(c2nc3cccnc3c(=O)n2Cc2ccccc2)C(C)C)C(c2ccc(Br)cc2)=N1. The van der Waals surface area contributed by atoms with Crippen molar-refractivity contribution in [3.05, 3.63) is 105 Å². The molecule has 0 radical (unpaired) electrons. The molecule has 5 rings (SSSR count). The number of aromatic nitrogens is 3. The number of aliphatic imine (C=N–C) groups is 1. The third-order valence-electron chi connectivity index (χ3n) is 7.66. The van der Waals surface area contributed by atoms with E-state index in [-0.39, 0.29) is 23.1 Å². The number of hydrogen-bond acceptors (Lipinski definition) is 5. The second-order valence-electron chi connectivity index (χ2n) is 10.4. The molecule has 0 fully saturated rings. The normalized spacial score (nSPS) is 15.7. The summed E-state index contributed by atoms with van der Waals surface area (Å²) in [6, 6.07) is 22.0. The Morgan fingerprint density at radius 1 is 0.974 bits per heavy atom. The van der Waals surface area contributed by atoms with E-state index in [9.17, 15) is 4.79 Å². The minimum atomic E-state index is -0.182. The first kappa shape index (κ1) is 26.3. The Bertz CT molecular complexity index is 1510. The monoisotopic (exact) mass is 571 g/mol. The summed E-state index contributed by atoms with van der Waals surface area (Å²) in [5.41, 5.74) is 2.85. The van der Waals surface area contributed by atoms with Crippen LogP contribution in [0.5, 0.6) is 0 Å². The second kappa shape index (κ2) is 10.8. The first-order valence-corrected chi connectivity index (χ1v) is 14.2. The molecule has 0 saturated heterocycles. The third-order valence-corrected chi connectivity index (χ3v) is 8.19. The number of pyridine rings is 1. The van der Waals surface area contributed by atoms with Crippen LogP contribution in [0.15, 0.2) is 87.2 Å². The molecule has 0 bridgehead atoms. The standard InChI is InChI=1S/C31H34BrN5O/c1-5-31(6-2)20-37(28(35-31)23-14-16-24(32)17-15-23)27(21(3)4)29-34-25-13-10-18-33-26(25)30(38)36(29)19-22-11-8-7-9-12-22/h7-18,21,27H,5-6,19-20H2,1-4H3. The zero-order valence-corrected chi connectivity index (χ0v) is 24.0. The molecule has 0 spiro atoms. The maximum Gasteiger partial charge on any atom is 0.280 e. The first-order chi connectivity index (χ1) is 18.4. The summed E-state index contributed by atoms with van der Waals surface area (Å²) in [5, 5.41) is 0. The molecular weight excluding hydrogens is 538 g/mol. The van der Waals surface area contributed by atoms with Crippen LogP contribution in [-0.2, 0) is 6.54 Å². The molecule has 196 valence electrons. The molecule has 0 N–H and O–H groups in total. The minimum absolute atomic E-state index is 0.112. The van der Waals surface area contributed by atoms with Crippen LogP contribution >= 0.6 is 15.9 Å². The summed E-state index contributed by atoms with van der Waals surface area (Å²) in [7, 11) is 0. The quantitative estimate of drug-likeness (QED) is 0.238. The Morgan fingerprint density at radius 3 is 2.34 bits per heavy atom. The van der Waals surface area contributed by atoms with Crippen LogP contribution in [0.2, 0.25) is 0 Å².